The Morgan fingerprint density at radius 3 is 2.39 bits per heavy atom. The highest BCUT2D eigenvalue weighted by molar-refractivity contribution is 7.71. The average Bonchev–Trinajstić information content (AvgIpc) is 3.25. The number of amides is 1. The van der Waals surface area contributed by atoms with Crippen LogP contribution in [0.1, 0.15) is 35.5 Å². The number of furan rings is 1. The number of nitrogens with one attached hydrogen (secondary N) is 1. The summed E-state index contributed by atoms with van der Waals surface area (Å²) in [6.45, 7) is 1.91. The highest BCUT2D eigenvalue weighted by Crippen LogP contribution is 2.32. The first kappa shape index (κ1) is 23.9. The Labute approximate surface area is 183 Å². The highest BCUT2D eigenvalue weighted by Gasteiger charge is 2.28. The smallest absolute Gasteiger partial charge is 0.257 e. The van der Waals surface area contributed by atoms with E-state index in [1.54, 1.807) is 44.2 Å². The van der Waals surface area contributed by atoms with Gasteiger partial charge in [-0.2, -0.15) is 0 Å². The molecular formula is C20H27N5O5S. The molecule has 0 aliphatic heterocycles. The first-order valence-electron chi connectivity index (χ1n) is 9.45. The number of thiol groups is 1. The Kier molecular flexibility index (Phi) is 7.81. The van der Waals surface area contributed by atoms with Crippen molar-refractivity contribution in [3.05, 3.63) is 47.9 Å². The van der Waals surface area contributed by atoms with Gasteiger partial charge >= 0.3 is 0 Å². The van der Waals surface area contributed by atoms with Gasteiger partial charge in [-0.1, -0.05) is 13.0 Å². The zero-order chi connectivity index (χ0) is 23.3. The lowest BCUT2D eigenvalue weighted by molar-refractivity contribution is 0.0824. The van der Waals surface area contributed by atoms with Crippen LogP contribution in [-0.4, -0.2) is 69.1 Å². The Hall–Kier alpha value is -3.34. The molecule has 31 heavy (non-hydrogen) atoms. The number of hydrogen-bond acceptors (Lipinski definition) is 6. The number of carbonyl (C=O) groups excluding carboxylic acids is 1. The number of likely N-dealkylation sites (N-methyl/N-ethyl adjacent to an activating group) is 2. The molecule has 0 unspecified atom stereocenters. The number of rotatable bonds is 6. The molecule has 0 radical (unpaired) electrons. The monoisotopic (exact) mass is 449 g/mol. The lowest BCUT2D eigenvalue weighted by atomic mass is 10.1. The number of para-hydroxylation sites is 1. The van der Waals surface area contributed by atoms with Crippen LogP contribution in [0, 0.1) is 5.41 Å². The van der Waals surface area contributed by atoms with Crippen molar-refractivity contribution in [2.24, 2.45) is 4.40 Å². The van der Waals surface area contributed by atoms with Gasteiger partial charge in [-0.3, -0.25) is 10.2 Å². The van der Waals surface area contributed by atoms with Gasteiger partial charge in [0.15, 0.2) is 17.4 Å². The van der Waals surface area contributed by atoms with E-state index in [1.165, 1.54) is 35.2 Å². The second-order valence-electron chi connectivity index (χ2n) is 6.99. The van der Waals surface area contributed by atoms with Crippen molar-refractivity contribution in [2.75, 3.05) is 33.1 Å². The molecule has 0 aliphatic rings. The third-order valence-electron chi connectivity index (χ3n) is 4.80. The average molecular weight is 450 g/mol. The van der Waals surface area contributed by atoms with Gasteiger partial charge in [-0.15, -0.1) is 4.40 Å². The normalized spacial score (nSPS) is 12.5. The predicted octanol–water partition coefficient (Wildman–Crippen LogP) is 2.11. The standard InChI is InChI=1S/C20H27N5O5S/c1-6-14(16-11-8-12-30-16)24(4)18(21)19(22-31(28)29)25(5)15-10-7-9-13(17(15)26)20(27)23(2)3/h7-12,14,21,26,31H,6H2,1-5H3/b21-18?,22-19+/t14-/m1/s1. The number of anilines is 1. The van der Waals surface area contributed by atoms with Gasteiger partial charge in [0, 0.05) is 28.2 Å². The van der Waals surface area contributed by atoms with E-state index in [0.29, 0.717) is 12.2 Å². The Morgan fingerprint density at radius 2 is 1.87 bits per heavy atom. The van der Waals surface area contributed by atoms with Gasteiger partial charge in [-0.05, 0) is 30.7 Å². The van der Waals surface area contributed by atoms with Crippen molar-refractivity contribution >= 4 is 34.2 Å². The van der Waals surface area contributed by atoms with Crippen LogP contribution in [0.5, 0.6) is 5.75 Å². The van der Waals surface area contributed by atoms with Crippen LogP contribution in [0.25, 0.3) is 0 Å². The molecule has 0 aliphatic carbocycles. The molecular weight excluding hydrogens is 422 g/mol. The summed E-state index contributed by atoms with van der Waals surface area (Å²) in [5.41, 5.74) is 0.176. The van der Waals surface area contributed by atoms with Crippen molar-refractivity contribution in [1.82, 2.24) is 9.80 Å². The minimum absolute atomic E-state index is 0.0436. The minimum Gasteiger partial charge on any atom is -0.505 e. The number of phenolic OH excluding ortho intramolecular Hbond substituents is 1. The molecule has 0 saturated carbocycles. The number of benzene rings is 1. The van der Waals surface area contributed by atoms with E-state index in [2.05, 4.69) is 4.40 Å². The molecule has 1 amide bonds. The van der Waals surface area contributed by atoms with Crippen LogP contribution in [0.4, 0.5) is 5.69 Å². The molecule has 1 aromatic carbocycles. The summed E-state index contributed by atoms with van der Waals surface area (Å²) >= 11 is 0. The topological polar surface area (TPSA) is 131 Å². The predicted molar refractivity (Wildman–Crippen MR) is 120 cm³/mol. The fraction of sp³-hybridized carbons (Fsp3) is 0.350. The number of phenols is 1. The SMILES string of the molecule is CC[C@H](c1ccco1)N(C)C(=N)/C(=N\[SH](=O)=O)N(C)c1cccc(C(=O)N(C)C)c1O. The van der Waals surface area contributed by atoms with E-state index in [-0.39, 0.29) is 34.7 Å². The number of aromatic hydroxyl groups is 1. The maximum Gasteiger partial charge on any atom is 0.257 e. The van der Waals surface area contributed by atoms with E-state index in [1.807, 2.05) is 6.92 Å². The summed E-state index contributed by atoms with van der Waals surface area (Å²) < 4.78 is 32.0. The highest BCUT2D eigenvalue weighted by atomic mass is 32.2. The first-order chi connectivity index (χ1) is 14.6. The molecule has 0 spiro atoms. The third kappa shape index (κ3) is 5.23. The van der Waals surface area contributed by atoms with Gasteiger partial charge < -0.3 is 24.2 Å². The molecule has 2 aromatic rings. The zero-order valence-electron chi connectivity index (χ0n) is 18.1. The van der Waals surface area contributed by atoms with Crippen LogP contribution in [0.3, 0.4) is 0 Å². The van der Waals surface area contributed by atoms with Crippen molar-refractivity contribution in [1.29, 1.82) is 5.41 Å². The van der Waals surface area contributed by atoms with Gasteiger partial charge in [0.1, 0.15) is 5.76 Å². The fourth-order valence-electron chi connectivity index (χ4n) is 3.14. The van der Waals surface area contributed by atoms with Gasteiger partial charge in [-0.25, -0.2) is 8.42 Å². The maximum absolute atomic E-state index is 12.3. The molecule has 11 heteroatoms. The number of nitrogens with zero attached hydrogens (tertiary/aromatic N) is 4. The van der Waals surface area contributed by atoms with Crippen molar-refractivity contribution in [3.8, 4) is 5.75 Å². The Balaban J connectivity index is 2.49. The van der Waals surface area contributed by atoms with Crippen LogP contribution in [-0.2, 0) is 10.9 Å². The van der Waals surface area contributed by atoms with Crippen LogP contribution < -0.4 is 4.90 Å². The molecule has 1 atom stereocenters. The lowest BCUT2D eigenvalue weighted by Crippen LogP contribution is -2.43. The van der Waals surface area contributed by atoms with Gasteiger partial charge in [0.05, 0.1) is 23.6 Å². The second-order valence-corrected chi connectivity index (χ2v) is 7.67. The molecule has 1 aromatic heterocycles. The number of hydrogen-bond donors (Lipinski definition) is 3. The van der Waals surface area contributed by atoms with E-state index < -0.39 is 16.8 Å². The van der Waals surface area contributed by atoms with Gasteiger partial charge in [0.25, 0.3) is 5.91 Å². The van der Waals surface area contributed by atoms with Gasteiger partial charge in [0.2, 0.25) is 10.9 Å². The number of amidine groups is 2. The Morgan fingerprint density at radius 1 is 1.19 bits per heavy atom. The molecule has 0 fully saturated rings. The van der Waals surface area contributed by atoms with Crippen LogP contribution in [0.15, 0.2) is 45.4 Å². The molecule has 0 bridgehead atoms. The fourth-order valence-corrected chi connectivity index (χ4v) is 3.52. The Bertz CT molecular complexity index is 1040. The summed E-state index contributed by atoms with van der Waals surface area (Å²) in [7, 11) is 2.97. The van der Waals surface area contributed by atoms with E-state index >= 15 is 0 Å². The molecule has 2 N–H and O–H groups in total. The maximum atomic E-state index is 12.3. The van der Waals surface area contributed by atoms with E-state index in [9.17, 15) is 18.3 Å². The summed E-state index contributed by atoms with van der Waals surface area (Å²) in [5, 5.41) is 19.3. The summed E-state index contributed by atoms with van der Waals surface area (Å²) in [6, 6.07) is 7.70. The van der Waals surface area contributed by atoms with E-state index in [0.717, 1.165) is 0 Å². The van der Waals surface area contributed by atoms with Crippen LogP contribution >= 0.6 is 0 Å². The summed E-state index contributed by atoms with van der Waals surface area (Å²) in [6.07, 6.45) is 2.11. The first-order valence-corrected chi connectivity index (χ1v) is 10.6. The molecule has 0 saturated heterocycles. The molecule has 10 nitrogen and oxygen atoms in total. The van der Waals surface area contributed by atoms with E-state index in [4.69, 9.17) is 9.83 Å². The minimum atomic E-state index is -3.23. The molecule has 2 rings (SSSR count). The second kappa shape index (κ2) is 10.1. The lowest BCUT2D eigenvalue weighted by Gasteiger charge is -2.31. The molecule has 168 valence electrons. The summed E-state index contributed by atoms with van der Waals surface area (Å²) in [5.74, 6) is -0.560. The summed E-state index contributed by atoms with van der Waals surface area (Å²) in [4.78, 5) is 16.5. The number of carbonyl (C=O) groups is 1. The third-order valence-corrected chi connectivity index (χ3v) is 5.15. The van der Waals surface area contributed by atoms with Crippen molar-refractivity contribution < 1.29 is 22.7 Å². The molecule has 1 heterocycles. The zero-order valence-corrected chi connectivity index (χ0v) is 19.0. The van der Waals surface area contributed by atoms with Crippen molar-refractivity contribution in [2.45, 2.75) is 19.4 Å². The largest absolute Gasteiger partial charge is 0.505 e. The van der Waals surface area contributed by atoms with Crippen molar-refractivity contribution in [3.63, 3.8) is 0 Å². The quantitative estimate of drug-likeness (QED) is 0.350. The van der Waals surface area contributed by atoms with Crippen LogP contribution in [0.2, 0.25) is 0 Å².